The molecule has 1 aliphatic heterocycles. The minimum absolute atomic E-state index is 0.0331. The van der Waals surface area contributed by atoms with Crippen molar-refractivity contribution in [2.45, 2.75) is 58.9 Å². The number of nitrogens with one attached hydrogen (secondary N) is 3. The summed E-state index contributed by atoms with van der Waals surface area (Å²) in [5.41, 5.74) is -0.351. The van der Waals surface area contributed by atoms with E-state index in [2.05, 4.69) is 36.7 Å². The molecule has 21 heavy (non-hydrogen) atoms. The lowest BCUT2D eigenvalue weighted by Crippen LogP contribution is -2.55. The summed E-state index contributed by atoms with van der Waals surface area (Å²) in [7, 11) is 1.62. The van der Waals surface area contributed by atoms with Crippen molar-refractivity contribution >= 4 is 11.8 Å². The van der Waals surface area contributed by atoms with Crippen LogP contribution in [0.3, 0.4) is 0 Å². The Morgan fingerprint density at radius 3 is 2.52 bits per heavy atom. The lowest BCUT2D eigenvalue weighted by molar-refractivity contribution is -0.136. The molecule has 2 amide bonds. The van der Waals surface area contributed by atoms with E-state index >= 15 is 0 Å². The minimum Gasteiger partial charge on any atom is -0.357 e. The van der Waals surface area contributed by atoms with Gasteiger partial charge in [0.1, 0.15) is 6.04 Å². The fourth-order valence-corrected chi connectivity index (χ4v) is 3.16. The lowest BCUT2D eigenvalue weighted by atomic mass is 9.76. The second-order valence-electron chi connectivity index (χ2n) is 6.58. The van der Waals surface area contributed by atoms with Crippen molar-refractivity contribution in [3.8, 4) is 0 Å². The van der Waals surface area contributed by atoms with Crippen LogP contribution in [0.25, 0.3) is 0 Å². The fraction of sp³-hybridized carbons (Fsp3) is 0.875. The molecule has 122 valence electrons. The summed E-state index contributed by atoms with van der Waals surface area (Å²) >= 11 is 0. The normalized spacial score (nSPS) is 23.7. The van der Waals surface area contributed by atoms with E-state index in [0.717, 1.165) is 38.8 Å². The zero-order valence-electron chi connectivity index (χ0n) is 13.9. The van der Waals surface area contributed by atoms with E-state index in [-0.39, 0.29) is 17.2 Å². The third-order valence-electron chi connectivity index (χ3n) is 4.26. The van der Waals surface area contributed by atoms with E-state index < -0.39 is 6.04 Å². The highest BCUT2D eigenvalue weighted by Gasteiger charge is 2.40. The van der Waals surface area contributed by atoms with Crippen LogP contribution in [-0.4, -0.2) is 38.0 Å². The molecule has 0 saturated carbocycles. The van der Waals surface area contributed by atoms with Crippen LogP contribution >= 0.6 is 0 Å². The largest absolute Gasteiger partial charge is 0.357 e. The summed E-state index contributed by atoms with van der Waals surface area (Å²) < 4.78 is 0. The molecule has 5 heteroatoms. The third kappa shape index (κ3) is 4.99. The molecule has 1 heterocycles. The van der Waals surface area contributed by atoms with Gasteiger partial charge in [-0.2, -0.15) is 0 Å². The van der Waals surface area contributed by atoms with Crippen LogP contribution in [0.4, 0.5) is 0 Å². The first kappa shape index (κ1) is 18.0. The molecule has 2 atom stereocenters. The summed E-state index contributed by atoms with van der Waals surface area (Å²) in [5, 5.41) is 8.99. The van der Waals surface area contributed by atoms with Gasteiger partial charge >= 0.3 is 0 Å². The van der Waals surface area contributed by atoms with Gasteiger partial charge in [-0.15, -0.1) is 0 Å². The minimum atomic E-state index is -0.432. The number of amides is 2. The summed E-state index contributed by atoms with van der Waals surface area (Å²) in [6, 6.07) is -0.432. The number of likely N-dealkylation sites (N-methyl/N-ethyl adjacent to an activating group) is 1. The maximum absolute atomic E-state index is 12.8. The van der Waals surface area contributed by atoms with E-state index in [9.17, 15) is 9.59 Å². The molecule has 0 radical (unpaired) electrons. The molecule has 0 aromatic heterocycles. The fourth-order valence-electron chi connectivity index (χ4n) is 3.16. The average molecular weight is 297 g/mol. The van der Waals surface area contributed by atoms with Crippen LogP contribution in [0.15, 0.2) is 0 Å². The van der Waals surface area contributed by atoms with Crippen molar-refractivity contribution < 1.29 is 9.59 Å². The molecule has 0 aromatic carbocycles. The first-order valence-corrected chi connectivity index (χ1v) is 8.18. The van der Waals surface area contributed by atoms with E-state index in [1.165, 1.54) is 0 Å². The molecule has 0 aliphatic carbocycles. The van der Waals surface area contributed by atoms with Gasteiger partial charge in [-0.1, -0.05) is 27.2 Å². The second kappa shape index (κ2) is 8.37. The van der Waals surface area contributed by atoms with Crippen LogP contribution in [0.2, 0.25) is 0 Å². The zero-order valence-corrected chi connectivity index (χ0v) is 13.9. The van der Waals surface area contributed by atoms with Crippen molar-refractivity contribution in [1.29, 1.82) is 0 Å². The Morgan fingerprint density at radius 2 is 2.05 bits per heavy atom. The predicted octanol–water partition coefficient (Wildman–Crippen LogP) is 1.43. The second-order valence-corrected chi connectivity index (χ2v) is 6.58. The number of rotatable bonds is 7. The average Bonchev–Trinajstić information content (AvgIpc) is 2.46. The SMILES string of the molecule is CCCC1(C(=O)NC(CC(C)C)C(=O)NC)CCCNC1. The Balaban J connectivity index is 2.79. The number of piperidine rings is 1. The van der Waals surface area contributed by atoms with Gasteiger partial charge < -0.3 is 16.0 Å². The molecule has 3 N–H and O–H groups in total. The van der Waals surface area contributed by atoms with Crippen LogP contribution in [0, 0.1) is 11.3 Å². The van der Waals surface area contributed by atoms with Gasteiger partial charge in [-0.3, -0.25) is 9.59 Å². The van der Waals surface area contributed by atoms with Crippen molar-refractivity contribution in [1.82, 2.24) is 16.0 Å². The molecular weight excluding hydrogens is 266 g/mol. The molecule has 0 spiro atoms. The van der Waals surface area contributed by atoms with Gasteiger partial charge in [0.15, 0.2) is 0 Å². The van der Waals surface area contributed by atoms with Crippen molar-refractivity contribution in [3.63, 3.8) is 0 Å². The first-order valence-electron chi connectivity index (χ1n) is 8.18. The number of hydrogen-bond acceptors (Lipinski definition) is 3. The molecule has 5 nitrogen and oxygen atoms in total. The van der Waals surface area contributed by atoms with E-state index in [1.54, 1.807) is 7.05 Å². The molecule has 1 fully saturated rings. The summed E-state index contributed by atoms with van der Waals surface area (Å²) in [4.78, 5) is 24.8. The van der Waals surface area contributed by atoms with E-state index in [0.29, 0.717) is 12.3 Å². The van der Waals surface area contributed by atoms with Crippen molar-refractivity contribution in [2.24, 2.45) is 11.3 Å². The Kier molecular flexibility index (Phi) is 7.15. The molecule has 1 aliphatic rings. The lowest BCUT2D eigenvalue weighted by Gasteiger charge is -2.37. The summed E-state index contributed by atoms with van der Waals surface area (Å²) in [5.74, 6) is 0.289. The quantitative estimate of drug-likeness (QED) is 0.666. The molecule has 2 unspecified atom stereocenters. The topological polar surface area (TPSA) is 70.2 Å². The first-order chi connectivity index (χ1) is 9.95. The Bertz CT molecular complexity index is 344. The smallest absolute Gasteiger partial charge is 0.242 e. The highest BCUT2D eigenvalue weighted by molar-refractivity contribution is 5.90. The number of carbonyl (C=O) groups is 2. The summed E-state index contributed by atoms with van der Waals surface area (Å²) in [6.07, 6.45) is 4.43. The van der Waals surface area contributed by atoms with Crippen LogP contribution < -0.4 is 16.0 Å². The van der Waals surface area contributed by atoms with Gasteiger partial charge in [0, 0.05) is 13.6 Å². The maximum atomic E-state index is 12.8. The number of carbonyl (C=O) groups excluding carboxylic acids is 2. The van der Waals surface area contributed by atoms with Crippen LogP contribution in [0.1, 0.15) is 52.9 Å². The van der Waals surface area contributed by atoms with Crippen molar-refractivity contribution in [3.05, 3.63) is 0 Å². The van der Waals surface area contributed by atoms with Gasteiger partial charge in [0.2, 0.25) is 11.8 Å². The highest BCUT2D eigenvalue weighted by Crippen LogP contribution is 2.32. The Hall–Kier alpha value is -1.10. The Morgan fingerprint density at radius 1 is 1.33 bits per heavy atom. The van der Waals surface area contributed by atoms with Gasteiger partial charge in [-0.05, 0) is 38.1 Å². The Labute approximate surface area is 128 Å². The predicted molar refractivity (Wildman–Crippen MR) is 84.9 cm³/mol. The zero-order chi connectivity index (χ0) is 15.9. The van der Waals surface area contributed by atoms with Crippen LogP contribution in [-0.2, 0) is 9.59 Å². The van der Waals surface area contributed by atoms with Crippen molar-refractivity contribution in [2.75, 3.05) is 20.1 Å². The van der Waals surface area contributed by atoms with Gasteiger partial charge in [0.05, 0.1) is 5.41 Å². The molecule has 0 bridgehead atoms. The van der Waals surface area contributed by atoms with E-state index in [4.69, 9.17) is 0 Å². The maximum Gasteiger partial charge on any atom is 0.242 e. The monoisotopic (exact) mass is 297 g/mol. The third-order valence-corrected chi connectivity index (χ3v) is 4.26. The van der Waals surface area contributed by atoms with Crippen LogP contribution in [0.5, 0.6) is 0 Å². The molecule has 1 rings (SSSR count). The molecule has 0 aromatic rings. The summed E-state index contributed by atoms with van der Waals surface area (Å²) in [6.45, 7) is 7.92. The molecule has 1 saturated heterocycles. The van der Waals surface area contributed by atoms with Gasteiger partial charge in [0.25, 0.3) is 0 Å². The standard InChI is InChI=1S/C16H31N3O2/c1-5-7-16(8-6-9-18-11-16)15(21)19-13(10-12(2)3)14(20)17-4/h12-13,18H,5-11H2,1-4H3,(H,17,20)(H,19,21). The molecular formula is C16H31N3O2. The van der Waals surface area contributed by atoms with E-state index in [1.807, 2.05) is 0 Å². The number of hydrogen-bond donors (Lipinski definition) is 3. The van der Waals surface area contributed by atoms with Gasteiger partial charge in [-0.25, -0.2) is 0 Å². The highest BCUT2D eigenvalue weighted by atomic mass is 16.2.